The molecule has 13 heavy (non-hydrogen) atoms. The third-order valence-electron chi connectivity index (χ3n) is 5.65. The highest BCUT2D eigenvalue weighted by atomic mass is 15.1. The van der Waals surface area contributed by atoms with Crippen LogP contribution in [0.1, 0.15) is 32.1 Å². The maximum Gasteiger partial charge on any atom is 0.00838 e. The van der Waals surface area contributed by atoms with E-state index in [0.29, 0.717) is 5.41 Å². The van der Waals surface area contributed by atoms with Gasteiger partial charge in [0.1, 0.15) is 0 Å². The minimum Gasteiger partial charge on any atom is -0.311 e. The summed E-state index contributed by atoms with van der Waals surface area (Å²) in [5.74, 6) is 1.05. The van der Waals surface area contributed by atoms with Crippen LogP contribution in [-0.4, -0.2) is 12.1 Å². The SMILES string of the molecule is C=CC12CC3CC14CC(CC4C2)N3. The van der Waals surface area contributed by atoms with Gasteiger partial charge in [0.05, 0.1) is 0 Å². The number of nitrogens with one attached hydrogen (secondary N) is 1. The fourth-order valence-electron chi connectivity index (χ4n) is 5.30. The number of rotatable bonds is 1. The molecule has 4 aliphatic rings. The van der Waals surface area contributed by atoms with Gasteiger partial charge < -0.3 is 5.32 Å². The Labute approximate surface area is 79.6 Å². The van der Waals surface area contributed by atoms with Gasteiger partial charge in [0, 0.05) is 12.1 Å². The minimum atomic E-state index is 0.570. The van der Waals surface area contributed by atoms with Crippen LogP contribution in [0.15, 0.2) is 12.7 Å². The van der Waals surface area contributed by atoms with Gasteiger partial charge in [0.15, 0.2) is 0 Å². The van der Waals surface area contributed by atoms with E-state index >= 15 is 0 Å². The zero-order valence-electron chi connectivity index (χ0n) is 8.05. The van der Waals surface area contributed by atoms with Crippen LogP contribution in [0.25, 0.3) is 0 Å². The van der Waals surface area contributed by atoms with Crippen molar-refractivity contribution in [3.8, 4) is 0 Å². The molecule has 1 aliphatic heterocycles. The second-order valence-corrected chi connectivity index (χ2v) is 5.83. The number of hydrogen-bond acceptors (Lipinski definition) is 1. The van der Waals surface area contributed by atoms with Gasteiger partial charge in [-0.25, -0.2) is 0 Å². The molecule has 0 aromatic heterocycles. The quantitative estimate of drug-likeness (QED) is 0.602. The van der Waals surface area contributed by atoms with E-state index in [-0.39, 0.29) is 0 Å². The first kappa shape index (κ1) is 7.05. The Kier molecular flexibility index (Phi) is 0.947. The van der Waals surface area contributed by atoms with E-state index in [1.54, 1.807) is 0 Å². The van der Waals surface area contributed by atoms with E-state index in [4.69, 9.17) is 0 Å². The van der Waals surface area contributed by atoms with Gasteiger partial charge in [-0.2, -0.15) is 0 Å². The van der Waals surface area contributed by atoms with Gasteiger partial charge in [-0.05, 0) is 48.9 Å². The molecular formula is C12H17N. The van der Waals surface area contributed by atoms with E-state index in [2.05, 4.69) is 18.0 Å². The first-order chi connectivity index (χ1) is 6.28. The maximum atomic E-state index is 4.10. The first-order valence-corrected chi connectivity index (χ1v) is 5.68. The summed E-state index contributed by atoms with van der Waals surface area (Å²) in [5.41, 5.74) is 1.30. The molecule has 1 N–H and O–H groups in total. The molecule has 3 aliphatic carbocycles. The summed E-state index contributed by atoms with van der Waals surface area (Å²) in [5, 5.41) is 3.80. The minimum absolute atomic E-state index is 0.570. The predicted octanol–water partition coefficient (Wildman–Crippen LogP) is 2.09. The highest BCUT2D eigenvalue weighted by Crippen LogP contribution is 2.77. The van der Waals surface area contributed by atoms with E-state index in [1.807, 2.05) is 0 Å². The fraction of sp³-hybridized carbons (Fsp3) is 0.833. The lowest BCUT2D eigenvalue weighted by atomic mass is 9.46. The Bertz CT molecular complexity index is 291. The van der Waals surface area contributed by atoms with Crippen LogP contribution >= 0.6 is 0 Å². The van der Waals surface area contributed by atoms with Gasteiger partial charge >= 0.3 is 0 Å². The summed E-state index contributed by atoms with van der Waals surface area (Å²) < 4.78 is 0. The van der Waals surface area contributed by atoms with Crippen LogP contribution in [0.5, 0.6) is 0 Å². The molecule has 3 bridgehead atoms. The topological polar surface area (TPSA) is 12.0 Å². The zero-order valence-corrected chi connectivity index (χ0v) is 8.05. The summed E-state index contributed by atoms with van der Waals surface area (Å²) in [6.07, 6.45) is 9.54. The Morgan fingerprint density at radius 1 is 1.15 bits per heavy atom. The monoisotopic (exact) mass is 175 g/mol. The molecular weight excluding hydrogens is 158 g/mol. The van der Waals surface area contributed by atoms with E-state index in [1.165, 1.54) is 32.1 Å². The van der Waals surface area contributed by atoms with Crippen LogP contribution in [0, 0.1) is 16.7 Å². The third-order valence-corrected chi connectivity index (χ3v) is 5.65. The molecule has 0 aromatic rings. The fourth-order valence-corrected chi connectivity index (χ4v) is 5.30. The van der Waals surface area contributed by atoms with Gasteiger partial charge in [0.25, 0.3) is 0 Å². The van der Waals surface area contributed by atoms with Crippen molar-refractivity contribution in [3.63, 3.8) is 0 Å². The molecule has 1 spiro atoms. The molecule has 70 valence electrons. The van der Waals surface area contributed by atoms with E-state index in [0.717, 1.165) is 23.4 Å². The lowest BCUT2D eigenvalue weighted by molar-refractivity contribution is -0.0612. The summed E-state index contributed by atoms with van der Waals surface area (Å²) in [7, 11) is 0. The van der Waals surface area contributed by atoms with Crippen molar-refractivity contribution in [2.24, 2.45) is 16.7 Å². The number of fused-ring (bicyclic) bond motifs is 2. The molecule has 5 atom stereocenters. The molecule has 5 unspecified atom stereocenters. The highest BCUT2D eigenvalue weighted by molar-refractivity contribution is 5.29. The van der Waals surface area contributed by atoms with Gasteiger partial charge in [0.2, 0.25) is 0 Å². The van der Waals surface area contributed by atoms with Crippen molar-refractivity contribution in [1.82, 2.24) is 5.32 Å². The molecule has 0 amide bonds. The summed E-state index contributed by atoms with van der Waals surface area (Å²) in [6.45, 7) is 4.10. The molecule has 3 saturated carbocycles. The van der Waals surface area contributed by atoms with Crippen LogP contribution in [0.2, 0.25) is 0 Å². The van der Waals surface area contributed by atoms with Gasteiger partial charge in [-0.3, -0.25) is 0 Å². The van der Waals surface area contributed by atoms with Gasteiger partial charge in [-0.15, -0.1) is 6.58 Å². The number of piperidine rings is 1. The smallest absolute Gasteiger partial charge is 0.00838 e. The highest BCUT2D eigenvalue weighted by Gasteiger charge is 2.73. The van der Waals surface area contributed by atoms with E-state index in [9.17, 15) is 0 Å². The largest absolute Gasteiger partial charge is 0.311 e. The average Bonchev–Trinajstić information content (AvgIpc) is 2.42. The summed E-state index contributed by atoms with van der Waals surface area (Å²) in [4.78, 5) is 0. The molecule has 1 nitrogen and oxygen atoms in total. The van der Waals surface area contributed by atoms with Crippen molar-refractivity contribution in [1.29, 1.82) is 0 Å². The summed E-state index contributed by atoms with van der Waals surface area (Å²) in [6, 6.07) is 1.71. The zero-order chi connectivity index (χ0) is 8.68. The van der Waals surface area contributed by atoms with Crippen molar-refractivity contribution in [2.45, 2.75) is 44.2 Å². The Hall–Kier alpha value is -0.300. The van der Waals surface area contributed by atoms with Crippen molar-refractivity contribution < 1.29 is 0 Å². The summed E-state index contributed by atoms with van der Waals surface area (Å²) >= 11 is 0. The third kappa shape index (κ3) is 0.527. The number of hydrogen-bond donors (Lipinski definition) is 1. The van der Waals surface area contributed by atoms with Crippen molar-refractivity contribution in [3.05, 3.63) is 12.7 Å². The first-order valence-electron chi connectivity index (χ1n) is 5.68. The Balaban J connectivity index is 1.90. The molecule has 1 saturated heterocycles. The predicted molar refractivity (Wildman–Crippen MR) is 52.3 cm³/mol. The van der Waals surface area contributed by atoms with Crippen molar-refractivity contribution >= 4 is 0 Å². The lowest BCUT2D eigenvalue weighted by Gasteiger charge is -2.57. The molecule has 1 heterocycles. The standard InChI is InChI=1S/C12H17N/c1-2-11-4-8-3-9-6-12(8,11)7-10(5-11)13-9/h2,8-10,13H,1,3-7H2. The van der Waals surface area contributed by atoms with Crippen molar-refractivity contribution in [2.75, 3.05) is 0 Å². The molecule has 0 aromatic carbocycles. The second-order valence-electron chi connectivity index (χ2n) is 5.83. The van der Waals surface area contributed by atoms with Crippen LogP contribution < -0.4 is 5.32 Å². The molecule has 4 fully saturated rings. The second kappa shape index (κ2) is 1.75. The Morgan fingerprint density at radius 2 is 2.00 bits per heavy atom. The molecule has 1 heteroatoms. The molecule has 4 rings (SSSR count). The molecule has 0 radical (unpaired) electrons. The van der Waals surface area contributed by atoms with Gasteiger partial charge in [-0.1, -0.05) is 6.08 Å². The normalized spacial score (nSPS) is 66.3. The maximum absolute atomic E-state index is 4.10. The van der Waals surface area contributed by atoms with Crippen LogP contribution in [0.3, 0.4) is 0 Å². The average molecular weight is 175 g/mol. The van der Waals surface area contributed by atoms with E-state index < -0.39 is 0 Å². The van der Waals surface area contributed by atoms with Crippen LogP contribution in [0.4, 0.5) is 0 Å². The van der Waals surface area contributed by atoms with Crippen LogP contribution in [-0.2, 0) is 0 Å². The Morgan fingerprint density at radius 3 is 2.85 bits per heavy atom. The lowest BCUT2D eigenvalue weighted by Crippen LogP contribution is -2.51. The number of allylic oxidation sites excluding steroid dienone is 1.